The number of carbonyl (C=O) groups excluding carboxylic acids is 3. The zero-order valence-corrected chi connectivity index (χ0v) is 17.0. The van der Waals surface area contributed by atoms with E-state index in [0.717, 1.165) is 4.90 Å². The zero-order valence-electron chi connectivity index (χ0n) is 17.0. The molecule has 1 unspecified atom stereocenters. The number of nitrogens with zero attached hydrogens (tertiary/aromatic N) is 3. The highest BCUT2D eigenvalue weighted by atomic mass is 16.6. The molecule has 1 aliphatic heterocycles. The SMILES string of the molecule is CCOC(=O)C1=C(C)N=C(NC(C)=O)N(C(=O)OCC)C1c1cccc([N+](=O)[O-])c1. The average molecular weight is 418 g/mol. The lowest BCUT2D eigenvalue weighted by atomic mass is 9.94. The number of allylic oxidation sites excluding steroid dienone is 1. The number of nitro benzene ring substituents is 1. The second-order valence-electron chi connectivity index (χ2n) is 6.16. The molecular weight excluding hydrogens is 396 g/mol. The maximum atomic E-state index is 12.8. The Balaban J connectivity index is 2.75. The first kappa shape index (κ1) is 22.5. The molecule has 2 rings (SSSR count). The van der Waals surface area contributed by atoms with Gasteiger partial charge in [-0.05, 0) is 26.3 Å². The van der Waals surface area contributed by atoms with Crippen LogP contribution in [0.15, 0.2) is 40.5 Å². The minimum Gasteiger partial charge on any atom is -0.463 e. The Morgan fingerprint density at radius 3 is 2.47 bits per heavy atom. The molecule has 160 valence electrons. The summed E-state index contributed by atoms with van der Waals surface area (Å²) in [6, 6.07) is 4.30. The predicted octanol–water partition coefficient (Wildman–Crippen LogP) is 2.44. The summed E-state index contributed by atoms with van der Waals surface area (Å²) in [6.07, 6.45) is -0.893. The van der Waals surface area contributed by atoms with Crippen LogP contribution in [0.25, 0.3) is 0 Å². The Hall–Kier alpha value is -3.76. The highest BCUT2D eigenvalue weighted by molar-refractivity contribution is 6.06. The summed E-state index contributed by atoms with van der Waals surface area (Å²) in [6.45, 7) is 6.04. The molecule has 0 saturated heterocycles. The van der Waals surface area contributed by atoms with Gasteiger partial charge in [-0.25, -0.2) is 19.5 Å². The van der Waals surface area contributed by atoms with Crippen LogP contribution in [-0.4, -0.2) is 47.0 Å². The number of non-ortho nitro benzene ring substituents is 1. The monoisotopic (exact) mass is 418 g/mol. The van der Waals surface area contributed by atoms with Crippen molar-refractivity contribution in [3.63, 3.8) is 0 Å². The Morgan fingerprint density at radius 2 is 1.90 bits per heavy atom. The van der Waals surface area contributed by atoms with E-state index in [1.54, 1.807) is 13.8 Å². The van der Waals surface area contributed by atoms with Crippen molar-refractivity contribution in [1.82, 2.24) is 10.2 Å². The average Bonchev–Trinajstić information content (AvgIpc) is 2.67. The molecule has 1 heterocycles. The van der Waals surface area contributed by atoms with E-state index in [4.69, 9.17) is 9.47 Å². The third-order valence-corrected chi connectivity index (χ3v) is 4.07. The quantitative estimate of drug-likeness (QED) is 0.440. The number of ether oxygens (including phenoxy) is 2. The van der Waals surface area contributed by atoms with Crippen LogP contribution in [0.2, 0.25) is 0 Å². The van der Waals surface area contributed by atoms with E-state index in [1.807, 2.05) is 0 Å². The molecule has 0 bridgehead atoms. The highest BCUT2D eigenvalue weighted by Gasteiger charge is 2.41. The summed E-state index contributed by atoms with van der Waals surface area (Å²) in [5.41, 5.74) is 0.201. The fourth-order valence-electron chi connectivity index (χ4n) is 2.95. The van der Waals surface area contributed by atoms with Crippen LogP contribution in [0.5, 0.6) is 0 Å². The lowest BCUT2D eigenvalue weighted by molar-refractivity contribution is -0.384. The van der Waals surface area contributed by atoms with Gasteiger partial charge in [0.05, 0.1) is 29.4 Å². The summed E-state index contributed by atoms with van der Waals surface area (Å²) in [5, 5.41) is 13.7. The smallest absolute Gasteiger partial charge is 0.417 e. The Kier molecular flexibility index (Phi) is 7.23. The lowest BCUT2D eigenvalue weighted by Crippen LogP contribution is -2.51. The van der Waals surface area contributed by atoms with E-state index >= 15 is 0 Å². The van der Waals surface area contributed by atoms with E-state index < -0.39 is 28.9 Å². The van der Waals surface area contributed by atoms with Crippen molar-refractivity contribution in [3.8, 4) is 0 Å². The second-order valence-corrected chi connectivity index (χ2v) is 6.16. The maximum Gasteiger partial charge on any atom is 0.417 e. The molecule has 2 amide bonds. The summed E-state index contributed by atoms with van der Waals surface area (Å²) < 4.78 is 10.2. The molecule has 0 aromatic heterocycles. The number of hydrogen-bond donors (Lipinski definition) is 1. The summed E-state index contributed by atoms with van der Waals surface area (Å²) in [4.78, 5) is 53.0. The van der Waals surface area contributed by atoms with E-state index in [0.29, 0.717) is 0 Å². The number of guanidine groups is 1. The molecule has 1 aromatic carbocycles. The number of hydrogen-bond acceptors (Lipinski definition) is 8. The number of esters is 1. The van der Waals surface area contributed by atoms with E-state index in [1.165, 1.54) is 38.1 Å². The summed E-state index contributed by atoms with van der Waals surface area (Å²) in [7, 11) is 0. The zero-order chi connectivity index (χ0) is 22.4. The third-order valence-electron chi connectivity index (χ3n) is 4.07. The van der Waals surface area contributed by atoms with Gasteiger partial charge in [0, 0.05) is 19.1 Å². The third kappa shape index (κ3) is 4.80. The normalized spacial score (nSPS) is 15.9. The Labute approximate surface area is 172 Å². The maximum absolute atomic E-state index is 12.8. The topological polar surface area (TPSA) is 140 Å². The lowest BCUT2D eigenvalue weighted by Gasteiger charge is -2.35. The molecule has 0 spiro atoms. The molecular formula is C19H22N4O7. The largest absolute Gasteiger partial charge is 0.463 e. The van der Waals surface area contributed by atoms with Gasteiger partial charge >= 0.3 is 12.1 Å². The number of amides is 2. The van der Waals surface area contributed by atoms with Crippen molar-refractivity contribution >= 4 is 29.6 Å². The van der Waals surface area contributed by atoms with Gasteiger partial charge in [-0.3, -0.25) is 20.2 Å². The Bertz CT molecular complexity index is 939. The standard InChI is InChI=1S/C19H22N4O7/c1-5-29-17(25)15-11(3)20-18(21-12(4)24)22(19(26)30-6-2)16(15)13-8-7-9-14(10-13)23(27)28/h7-10,16H,5-6H2,1-4H3,(H,20,21,24). The first-order valence-electron chi connectivity index (χ1n) is 9.15. The molecule has 1 N–H and O–H groups in total. The number of carbonyl (C=O) groups is 3. The molecule has 0 radical (unpaired) electrons. The first-order chi connectivity index (χ1) is 14.2. The number of aliphatic imine (C=N–C) groups is 1. The Morgan fingerprint density at radius 1 is 1.23 bits per heavy atom. The minimum absolute atomic E-state index is 0.000460. The van der Waals surface area contributed by atoms with Crippen molar-refractivity contribution in [2.75, 3.05) is 13.2 Å². The molecule has 30 heavy (non-hydrogen) atoms. The molecule has 0 aliphatic carbocycles. The molecule has 1 aliphatic rings. The van der Waals surface area contributed by atoms with Gasteiger partial charge in [0.1, 0.15) is 6.04 Å². The minimum atomic E-state index is -1.16. The van der Waals surface area contributed by atoms with Gasteiger partial charge in [-0.2, -0.15) is 0 Å². The fraction of sp³-hybridized carbons (Fsp3) is 0.368. The predicted molar refractivity (Wildman–Crippen MR) is 105 cm³/mol. The van der Waals surface area contributed by atoms with Crippen molar-refractivity contribution in [2.45, 2.75) is 33.7 Å². The fourth-order valence-corrected chi connectivity index (χ4v) is 2.95. The van der Waals surface area contributed by atoms with Gasteiger partial charge < -0.3 is 9.47 Å². The van der Waals surface area contributed by atoms with E-state index in [9.17, 15) is 24.5 Å². The van der Waals surface area contributed by atoms with Crippen molar-refractivity contribution in [2.24, 2.45) is 4.99 Å². The molecule has 1 aromatic rings. The van der Waals surface area contributed by atoms with Gasteiger partial charge in [0.2, 0.25) is 11.9 Å². The highest BCUT2D eigenvalue weighted by Crippen LogP contribution is 2.37. The summed E-state index contributed by atoms with van der Waals surface area (Å²) in [5.74, 6) is -1.41. The summed E-state index contributed by atoms with van der Waals surface area (Å²) >= 11 is 0. The van der Waals surface area contributed by atoms with Gasteiger partial charge in [0.25, 0.3) is 5.69 Å². The van der Waals surface area contributed by atoms with Gasteiger partial charge in [-0.15, -0.1) is 0 Å². The molecule has 11 heteroatoms. The van der Waals surface area contributed by atoms with Crippen LogP contribution in [0.1, 0.15) is 39.3 Å². The van der Waals surface area contributed by atoms with Crippen LogP contribution in [0, 0.1) is 10.1 Å². The first-order valence-corrected chi connectivity index (χ1v) is 9.15. The number of rotatable bonds is 5. The van der Waals surface area contributed by atoms with Crippen LogP contribution in [0.3, 0.4) is 0 Å². The second kappa shape index (κ2) is 9.63. The molecule has 0 fully saturated rings. The number of nitrogens with one attached hydrogen (secondary N) is 1. The van der Waals surface area contributed by atoms with Crippen molar-refractivity contribution in [1.29, 1.82) is 0 Å². The van der Waals surface area contributed by atoms with Crippen molar-refractivity contribution in [3.05, 3.63) is 51.2 Å². The molecule has 11 nitrogen and oxygen atoms in total. The number of nitro groups is 1. The molecule has 1 atom stereocenters. The van der Waals surface area contributed by atoms with Crippen molar-refractivity contribution < 1.29 is 28.8 Å². The molecule has 0 saturated carbocycles. The van der Waals surface area contributed by atoms with Crippen LogP contribution < -0.4 is 5.32 Å². The number of benzene rings is 1. The van der Waals surface area contributed by atoms with Gasteiger partial charge in [-0.1, -0.05) is 12.1 Å². The van der Waals surface area contributed by atoms with Crippen LogP contribution >= 0.6 is 0 Å². The van der Waals surface area contributed by atoms with Crippen LogP contribution in [0.4, 0.5) is 10.5 Å². The van der Waals surface area contributed by atoms with Gasteiger partial charge in [0.15, 0.2) is 0 Å². The van der Waals surface area contributed by atoms with E-state index in [-0.39, 0.29) is 41.7 Å². The van der Waals surface area contributed by atoms with E-state index in [2.05, 4.69) is 10.3 Å². The van der Waals surface area contributed by atoms with Crippen LogP contribution in [-0.2, 0) is 19.1 Å².